The monoisotopic (exact) mass is 522 g/mol. The van der Waals surface area contributed by atoms with E-state index in [1.54, 1.807) is 25.3 Å². The summed E-state index contributed by atoms with van der Waals surface area (Å²) in [4.78, 5) is 35.5. The average molecular weight is 522 g/mol. The number of carbonyl (C=O) groups excluding carboxylic acids is 2. The smallest absolute Gasteiger partial charge is 0.325 e. The molecule has 0 saturated carbocycles. The Hall–Kier alpha value is -1.43. The van der Waals surface area contributed by atoms with Crippen LogP contribution in [-0.2, 0) is 17.6 Å². The fraction of sp³-hybridized carbons (Fsp3) is 0.667. The van der Waals surface area contributed by atoms with Crippen molar-refractivity contribution in [1.29, 1.82) is 0 Å². The van der Waals surface area contributed by atoms with Gasteiger partial charge in [-0.1, -0.05) is 13.8 Å². The van der Waals surface area contributed by atoms with E-state index in [0.717, 1.165) is 24.4 Å². The molecule has 1 unspecified atom stereocenters. The summed E-state index contributed by atoms with van der Waals surface area (Å²) < 4.78 is 0. The fourth-order valence-corrected chi connectivity index (χ4v) is 3.63. The number of carbonyl (C=O) groups is 2. The molecule has 0 bridgehead atoms. The number of urea groups is 1. The summed E-state index contributed by atoms with van der Waals surface area (Å²) in [6.07, 6.45) is 5.05. The second-order valence-corrected chi connectivity index (χ2v) is 7.88. The van der Waals surface area contributed by atoms with Crippen molar-refractivity contribution in [3.8, 4) is 0 Å². The van der Waals surface area contributed by atoms with Crippen molar-refractivity contribution in [3.05, 3.63) is 16.1 Å². The van der Waals surface area contributed by atoms with Crippen LogP contribution in [0.5, 0.6) is 0 Å². The van der Waals surface area contributed by atoms with Crippen LogP contribution in [0.25, 0.3) is 0 Å². The normalized spacial score (nSPS) is 19.4. The van der Waals surface area contributed by atoms with Crippen molar-refractivity contribution < 1.29 is 9.59 Å². The summed E-state index contributed by atoms with van der Waals surface area (Å²) in [5.74, 6) is 0.560. The highest BCUT2D eigenvalue weighted by molar-refractivity contribution is 14.0. The number of imide groups is 1. The number of rotatable bonds is 9. The van der Waals surface area contributed by atoms with Crippen molar-refractivity contribution in [3.63, 3.8) is 0 Å². The first-order chi connectivity index (χ1) is 12.9. The summed E-state index contributed by atoms with van der Waals surface area (Å²) in [7, 11) is 1.72. The zero-order valence-corrected chi connectivity index (χ0v) is 20.1. The predicted molar refractivity (Wildman–Crippen MR) is 124 cm³/mol. The number of hydrogen-bond acceptors (Lipinski definition) is 5. The minimum Gasteiger partial charge on any atom is -0.356 e. The van der Waals surface area contributed by atoms with Crippen LogP contribution in [0.1, 0.15) is 43.5 Å². The van der Waals surface area contributed by atoms with Gasteiger partial charge in [0.1, 0.15) is 5.54 Å². The molecule has 2 rings (SSSR count). The maximum atomic E-state index is 12.3. The number of hydrogen-bond donors (Lipinski definition) is 3. The molecule has 0 radical (unpaired) electrons. The molecule has 10 heteroatoms. The van der Waals surface area contributed by atoms with Crippen molar-refractivity contribution in [2.24, 2.45) is 4.99 Å². The zero-order valence-electron chi connectivity index (χ0n) is 17.0. The van der Waals surface area contributed by atoms with Crippen LogP contribution < -0.4 is 16.0 Å². The summed E-state index contributed by atoms with van der Waals surface area (Å²) >= 11 is 1.74. The number of halogens is 1. The minimum absolute atomic E-state index is 0. The quantitative estimate of drug-likeness (QED) is 0.152. The van der Waals surface area contributed by atoms with Gasteiger partial charge in [0.2, 0.25) is 0 Å². The van der Waals surface area contributed by atoms with Crippen molar-refractivity contribution in [1.82, 2.24) is 25.8 Å². The second-order valence-electron chi connectivity index (χ2n) is 6.68. The third-order valence-corrected chi connectivity index (χ3v) is 5.91. The van der Waals surface area contributed by atoms with Gasteiger partial charge in [-0.3, -0.25) is 14.7 Å². The average Bonchev–Trinajstić information content (AvgIpc) is 3.21. The Morgan fingerprint density at radius 1 is 1.32 bits per heavy atom. The molecule has 2 heterocycles. The fourth-order valence-electron chi connectivity index (χ4n) is 2.77. The van der Waals surface area contributed by atoms with Crippen LogP contribution in [0.3, 0.4) is 0 Å². The lowest BCUT2D eigenvalue weighted by Crippen LogP contribution is -2.43. The van der Waals surface area contributed by atoms with Crippen LogP contribution in [0.4, 0.5) is 4.79 Å². The van der Waals surface area contributed by atoms with E-state index in [-0.39, 0.29) is 35.9 Å². The van der Waals surface area contributed by atoms with Crippen molar-refractivity contribution in [2.45, 2.75) is 52.0 Å². The Labute approximate surface area is 188 Å². The van der Waals surface area contributed by atoms with Gasteiger partial charge in [-0.2, -0.15) is 0 Å². The number of nitrogens with one attached hydrogen (secondary N) is 3. The van der Waals surface area contributed by atoms with Gasteiger partial charge in [-0.15, -0.1) is 35.3 Å². The standard InChI is InChI=1S/C18H30N6O2S.HI/c1-5-13-12-22-14(27-13)8-10-21-16(19-4)20-9-7-11-24-15(25)18(3,6-2)23-17(24)26;/h12H,5-11H2,1-4H3,(H,23,26)(H2,19,20,21);1H. The topological polar surface area (TPSA) is 98.7 Å². The first-order valence-corrected chi connectivity index (χ1v) is 10.3. The SMILES string of the molecule is CCc1cnc(CCNC(=NC)NCCCN2C(=O)NC(C)(CC)C2=O)s1.I. The summed E-state index contributed by atoms with van der Waals surface area (Å²) in [5, 5.41) is 10.4. The number of aliphatic imine (C=N–C) groups is 1. The maximum absolute atomic E-state index is 12.3. The molecule has 1 aromatic heterocycles. The molecule has 3 N–H and O–H groups in total. The lowest BCUT2D eigenvalue weighted by Gasteiger charge is -2.19. The highest BCUT2D eigenvalue weighted by Gasteiger charge is 2.45. The van der Waals surface area contributed by atoms with Gasteiger partial charge in [0.25, 0.3) is 5.91 Å². The van der Waals surface area contributed by atoms with E-state index in [0.29, 0.717) is 31.9 Å². The van der Waals surface area contributed by atoms with Gasteiger partial charge < -0.3 is 16.0 Å². The van der Waals surface area contributed by atoms with Crippen molar-refractivity contribution >= 4 is 53.2 Å². The predicted octanol–water partition coefficient (Wildman–Crippen LogP) is 2.14. The van der Waals surface area contributed by atoms with Crippen LogP contribution >= 0.6 is 35.3 Å². The van der Waals surface area contributed by atoms with Gasteiger partial charge in [-0.25, -0.2) is 9.78 Å². The molecule has 8 nitrogen and oxygen atoms in total. The molecule has 28 heavy (non-hydrogen) atoms. The van der Waals surface area contributed by atoms with Gasteiger partial charge >= 0.3 is 6.03 Å². The third-order valence-electron chi connectivity index (χ3n) is 4.71. The molecule has 1 atom stereocenters. The van der Waals surface area contributed by atoms with Gasteiger partial charge in [0.15, 0.2) is 5.96 Å². The molecule has 1 fully saturated rings. The molecular formula is C18H31IN6O2S. The molecule has 0 aliphatic carbocycles. The number of aryl methyl sites for hydroxylation is 1. The Balaban J connectivity index is 0.00000392. The molecule has 1 aliphatic rings. The van der Waals surface area contributed by atoms with Crippen LogP contribution in [0, 0.1) is 0 Å². The van der Waals surface area contributed by atoms with Gasteiger partial charge in [-0.05, 0) is 26.2 Å². The summed E-state index contributed by atoms with van der Waals surface area (Å²) in [6.45, 7) is 7.55. The van der Waals surface area contributed by atoms with E-state index in [1.165, 1.54) is 9.78 Å². The van der Waals surface area contributed by atoms with E-state index in [1.807, 2.05) is 13.1 Å². The number of aromatic nitrogens is 1. The van der Waals surface area contributed by atoms with E-state index < -0.39 is 5.54 Å². The van der Waals surface area contributed by atoms with Crippen LogP contribution in [0.15, 0.2) is 11.2 Å². The molecule has 3 amide bonds. The first kappa shape index (κ1) is 24.6. The summed E-state index contributed by atoms with van der Waals surface area (Å²) in [6, 6.07) is -0.304. The largest absolute Gasteiger partial charge is 0.356 e. The molecule has 158 valence electrons. The molecular weight excluding hydrogens is 491 g/mol. The van der Waals surface area contributed by atoms with Crippen molar-refractivity contribution in [2.75, 3.05) is 26.7 Å². The Morgan fingerprint density at radius 2 is 2.04 bits per heavy atom. The number of guanidine groups is 1. The van der Waals surface area contributed by atoms with E-state index in [9.17, 15) is 9.59 Å². The third kappa shape index (κ3) is 6.29. The maximum Gasteiger partial charge on any atom is 0.325 e. The van der Waals surface area contributed by atoms with E-state index in [4.69, 9.17) is 0 Å². The Bertz CT molecular complexity index is 695. The molecule has 1 aliphatic heterocycles. The minimum atomic E-state index is -0.768. The van der Waals surface area contributed by atoms with Gasteiger partial charge in [0, 0.05) is 44.2 Å². The van der Waals surface area contributed by atoms with E-state index in [2.05, 4.69) is 32.9 Å². The lowest BCUT2D eigenvalue weighted by molar-refractivity contribution is -0.130. The molecule has 1 aromatic rings. The highest BCUT2D eigenvalue weighted by Crippen LogP contribution is 2.20. The zero-order chi connectivity index (χ0) is 19.9. The Kier molecular flexibility index (Phi) is 10.1. The first-order valence-electron chi connectivity index (χ1n) is 9.45. The number of nitrogens with zero attached hydrogens (tertiary/aromatic N) is 3. The number of amides is 3. The molecule has 0 spiro atoms. The second kappa shape index (κ2) is 11.5. The van der Waals surface area contributed by atoms with Crippen LogP contribution in [-0.4, -0.2) is 60.0 Å². The molecule has 0 aromatic carbocycles. The molecule has 1 saturated heterocycles. The Morgan fingerprint density at radius 3 is 2.61 bits per heavy atom. The lowest BCUT2D eigenvalue weighted by atomic mass is 9.99. The van der Waals surface area contributed by atoms with Gasteiger partial charge in [0.05, 0.1) is 5.01 Å². The van der Waals surface area contributed by atoms with E-state index >= 15 is 0 Å². The highest BCUT2D eigenvalue weighted by atomic mass is 127. The summed E-state index contributed by atoms with van der Waals surface area (Å²) in [5.41, 5.74) is -0.768. The number of thiazole rings is 1. The van der Waals surface area contributed by atoms with Crippen LogP contribution in [0.2, 0.25) is 0 Å².